The summed E-state index contributed by atoms with van der Waals surface area (Å²) in [4.78, 5) is 0. The number of rotatable bonds is 7. The molecular formula is C25H31ClO7. The summed E-state index contributed by atoms with van der Waals surface area (Å²) in [5, 5.41) is 40.6. The minimum atomic E-state index is -1.42. The first-order valence-electron chi connectivity index (χ1n) is 11.3. The number of aliphatic hydroxyl groups excluding tert-OH is 4. The topological polar surface area (TPSA) is 109 Å². The van der Waals surface area contributed by atoms with Gasteiger partial charge >= 0.3 is 0 Å². The highest BCUT2D eigenvalue weighted by molar-refractivity contribution is 6.31. The monoisotopic (exact) mass is 478 g/mol. The van der Waals surface area contributed by atoms with Gasteiger partial charge in [0.2, 0.25) is 0 Å². The van der Waals surface area contributed by atoms with Crippen LogP contribution in [-0.2, 0) is 15.9 Å². The van der Waals surface area contributed by atoms with E-state index in [9.17, 15) is 20.4 Å². The maximum atomic E-state index is 10.4. The molecule has 1 aliphatic carbocycles. The van der Waals surface area contributed by atoms with Gasteiger partial charge in [0.25, 0.3) is 0 Å². The zero-order valence-electron chi connectivity index (χ0n) is 18.5. The van der Waals surface area contributed by atoms with Gasteiger partial charge in [-0.15, -0.1) is 0 Å². The van der Waals surface area contributed by atoms with E-state index in [1.54, 1.807) is 19.2 Å². The molecule has 33 heavy (non-hydrogen) atoms. The van der Waals surface area contributed by atoms with Crippen molar-refractivity contribution in [1.82, 2.24) is 0 Å². The molecule has 0 amide bonds. The van der Waals surface area contributed by atoms with E-state index in [2.05, 4.69) is 0 Å². The maximum absolute atomic E-state index is 10.4. The zero-order chi connectivity index (χ0) is 23.5. The highest BCUT2D eigenvalue weighted by Crippen LogP contribution is 2.34. The Bertz CT molecular complexity index is 919. The summed E-state index contributed by atoms with van der Waals surface area (Å²) in [5.41, 5.74) is 2.48. The van der Waals surface area contributed by atoms with Crippen LogP contribution in [0.4, 0.5) is 0 Å². The first-order valence-corrected chi connectivity index (χ1v) is 11.6. The van der Waals surface area contributed by atoms with Crippen LogP contribution in [0.2, 0.25) is 5.02 Å². The highest BCUT2D eigenvalue weighted by Gasteiger charge is 2.44. The van der Waals surface area contributed by atoms with Crippen LogP contribution in [0.1, 0.15) is 42.1 Å². The number of aliphatic hydroxyl groups is 4. The molecule has 0 radical (unpaired) electrons. The second kappa shape index (κ2) is 10.7. The number of ether oxygens (including phenoxy) is 3. The van der Waals surface area contributed by atoms with Gasteiger partial charge < -0.3 is 34.6 Å². The van der Waals surface area contributed by atoms with Crippen molar-refractivity contribution in [3.8, 4) is 5.75 Å². The predicted molar refractivity (Wildman–Crippen MR) is 122 cm³/mol. The Morgan fingerprint density at radius 1 is 0.970 bits per heavy atom. The summed E-state index contributed by atoms with van der Waals surface area (Å²) in [5.74, 6) is 0.821. The molecule has 2 aromatic carbocycles. The Morgan fingerprint density at radius 3 is 2.36 bits per heavy atom. The third-order valence-electron chi connectivity index (χ3n) is 6.58. The summed E-state index contributed by atoms with van der Waals surface area (Å²) < 4.78 is 17.2. The second-order valence-electron chi connectivity index (χ2n) is 8.83. The van der Waals surface area contributed by atoms with E-state index in [0.29, 0.717) is 17.0 Å². The van der Waals surface area contributed by atoms with Crippen LogP contribution in [0, 0.1) is 0 Å². The summed E-state index contributed by atoms with van der Waals surface area (Å²) in [6, 6.07) is 13.1. The fourth-order valence-corrected chi connectivity index (χ4v) is 4.79. The zero-order valence-corrected chi connectivity index (χ0v) is 19.3. The molecule has 0 aromatic heterocycles. The summed E-state index contributed by atoms with van der Waals surface area (Å²) in [6.07, 6.45) is -2.10. The summed E-state index contributed by atoms with van der Waals surface area (Å²) in [7, 11) is 1.74. The lowest BCUT2D eigenvalue weighted by atomic mass is 9.90. The van der Waals surface area contributed by atoms with Gasteiger partial charge in [-0.2, -0.15) is 0 Å². The molecule has 0 spiro atoms. The van der Waals surface area contributed by atoms with Gasteiger partial charge in [-0.25, -0.2) is 0 Å². The van der Waals surface area contributed by atoms with Crippen LogP contribution < -0.4 is 4.74 Å². The standard InChI is InChI=1S/C25H31ClO7/c1-31-18-7-8-19(12-18)32-17-5-2-14(3-6-17)10-16-11-15(4-9-20(16)26)25-24(30)23(29)22(28)21(13-27)33-25/h2-6,9,11,18-19,21-25,27-30H,7-8,10,12-13H2,1H3/t18-,19?,21-,22-,23+,24-,25+/m1/s1. The molecule has 0 bridgehead atoms. The Hall–Kier alpha value is -1.71. The van der Waals surface area contributed by atoms with E-state index in [-0.39, 0.29) is 12.2 Å². The van der Waals surface area contributed by atoms with Crippen molar-refractivity contribution < 1.29 is 34.6 Å². The normalized spacial score (nSPS) is 32.1. The average Bonchev–Trinajstić information content (AvgIpc) is 3.28. The van der Waals surface area contributed by atoms with Crippen molar-refractivity contribution in [2.24, 2.45) is 0 Å². The molecule has 4 rings (SSSR count). The van der Waals surface area contributed by atoms with Crippen LogP contribution in [0.25, 0.3) is 0 Å². The third-order valence-corrected chi connectivity index (χ3v) is 6.95. The van der Waals surface area contributed by atoms with Crippen LogP contribution in [0.15, 0.2) is 42.5 Å². The predicted octanol–water partition coefficient (Wildman–Crippen LogP) is 2.39. The maximum Gasteiger partial charge on any atom is 0.119 e. The van der Waals surface area contributed by atoms with Crippen LogP contribution >= 0.6 is 11.6 Å². The van der Waals surface area contributed by atoms with Crippen molar-refractivity contribution in [2.45, 2.75) is 68.4 Å². The molecule has 2 aromatic rings. The number of benzene rings is 2. The fourth-order valence-electron chi connectivity index (χ4n) is 4.60. The Balaban J connectivity index is 1.45. The number of hydrogen-bond donors (Lipinski definition) is 4. The van der Waals surface area contributed by atoms with E-state index >= 15 is 0 Å². The second-order valence-corrected chi connectivity index (χ2v) is 9.24. The van der Waals surface area contributed by atoms with Gasteiger partial charge in [-0.1, -0.05) is 35.9 Å². The Morgan fingerprint density at radius 2 is 1.70 bits per heavy atom. The fraction of sp³-hybridized carbons (Fsp3) is 0.520. The minimum absolute atomic E-state index is 0.172. The van der Waals surface area contributed by atoms with Crippen molar-refractivity contribution in [2.75, 3.05) is 13.7 Å². The third kappa shape index (κ3) is 5.52. The van der Waals surface area contributed by atoms with E-state index in [0.717, 1.165) is 36.1 Å². The van der Waals surface area contributed by atoms with E-state index < -0.39 is 37.1 Å². The first kappa shape index (κ1) is 24.4. The van der Waals surface area contributed by atoms with E-state index in [1.165, 1.54) is 0 Å². The quantitative estimate of drug-likeness (QED) is 0.484. The molecule has 2 fully saturated rings. The van der Waals surface area contributed by atoms with Gasteiger partial charge in [0.05, 0.1) is 12.7 Å². The molecule has 7 atom stereocenters. The first-order chi connectivity index (χ1) is 15.9. The molecule has 4 N–H and O–H groups in total. The lowest BCUT2D eigenvalue weighted by molar-refractivity contribution is -0.231. The van der Waals surface area contributed by atoms with Gasteiger partial charge in [0, 0.05) is 18.6 Å². The molecule has 8 heteroatoms. The van der Waals surface area contributed by atoms with Crippen LogP contribution in [0.3, 0.4) is 0 Å². The molecule has 1 heterocycles. The molecule has 1 saturated heterocycles. The minimum Gasteiger partial charge on any atom is -0.490 e. The number of hydrogen-bond acceptors (Lipinski definition) is 7. The number of methoxy groups -OCH3 is 1. The van der Waals surface area contributed by atoms with Crippen molar-refractivity contribution in [3.63, 3.8) is 0 Å². The van der Waals surface area contributed by atoms with Crippen molar-refractivity contribution in [3.05, 3.63) is 64.2 Å². The van der Waals surface area contributed by atoms with Gasteiger partial charge in [0.15, 0.2) is 0 Å². The van der Waals surface area contributed by atoms with E-state index in [1.807, 2.05) is 30.3 Å². The average molecular weight is 479 g/mol. The highest BCUT2D eigenvalue weighted by atomic mass is 35.5. The smallest absolute Gasteiger partial charge is 0.119 e. The molecule has 1 unspecified atom stereocenters. The Labute approximate surface area is 198 Å². The number of halogens is 1. The molecule has 2 aliphatic rings. The van der Waals surface area contributed by atoms with Gasteiger partial charge in [-0.3, -0.25) is 0 Å². The molecule has 7 nitrogen and oxygen atoms in total. The van der Waals surface area contributed by atoms with Gasteiger partial charge in [0.1, 0.15) is 42.4 Å². The lowest BCUT2D eigenvalue weighted by Gasteiger charge is -2.40. The SMILES string of the molecule is CO[C@@H]1CCC(Oc2ccc(Cc3cc([C@@H]4O[C@H](CO)[C@@H](O)[C@H](O)[C@H]4O)ccc3Cl)cc2)C1. The summed E-state index contributed by atoms with van der Waals surface area (Å²) in [6.45, 7) is -0.469. The van der Waals surface area contributed by atoms with Crippen LogP contribution in [0.5, 0.6) is 5.75 Å². The van der Waals surface area contributed by atoms with E-state index in [4.69, 9.17) is 25.8 Å². The van der Waals surface area contributed by atoms with Crippen LogP contribution in [-0.4, -0.2) is 70.8 Å². The molecule has 1 aliphatic heterocycles. The molecule has 180 valence electrons. The molecular weight excluding hydrogens is 448 g/mol. The Kier molecular flexibility index (Phi) is 7.91. The van der Waals surface area contributed by atoms with Crippen molar-refractivity contribution in [1.29, 1.82) is 0 Å². The summed E-state index contributed by atoms with van der Waals surface area (Å²) >= 11 is 6.43. The van der Waals surface area contributed by atoms with Crippen molar-refractivity contribution >= 4 is 11.6 Å². The van der Waals surface area contributed by atoms with Gasteiger partial charge in [-0.05, 0) is 54.2 Å². The lowest BCUT2D eigenvalue weighted by Crippen LogP contribution is -2.55. The largest absolute Gasteiger partial charge is 0.490 e. The molecule has 1 saturated carbocycles.